The number of methoxy groups -OCH3 is 1. The van der Waals surface area contributed by atoms with Gasteiger partial charge in [0.05, 0.1) is 23.5 Å². The fourth-order valence-electron chi connectivity index (χ4n) is 3.28. The van der Waals surface area contributed by atoms with E-state index >= 15 is 0 Å². The van der Waals surface area contributed by atoms with E-state index in [1.54, 1.807) is 41.5 Å². The summed E-state index contributed by atoms with van der Waals surface area (Å²) >= 11 is 7.63. The van der Waals surface area contributed by atoms with Crippen molar-refractivity contribution in [1.82, 2.24) is 15.1 Å². The summed E-state index contributed by atoms with van der Waals surface area (Å²) in [4.78, 5) is 15.8. The number of rotatable bonds is 4. The molecule has 0 spiro atoms. The second-order valence-corrected chi connectivity index (χ2v) is 7.74. The molecule has 4 rings (SSSR count). The zero-order chi connectivity index (χ0) is 18.8. The molecule has 1 fully saturated rings. The smallest absolute Gasteiger partial charge is 0.257 e. The Balaban J connectivity index is 1.53. The Hall–Kier alpha value is -2.38. The van der Waals surface area contributed by atoms with Crippen molar-refractivity contribution in [2.75, 3.05) is 20.2 Å². The minimum absolute atomic E-state index is 0.0223. The summed E-state index contributed by atoms with van der Waals surface area (Å²) in [5.41, 5.74) is 0.468. The van der Waals surface area contributed by atoms with E-state index in [0.29, 0.717) is 41.2 Å². The van der Waals surface area contributed by atoms with Gasteiger partial charge < -0.3 is 14.1 Å². The van der Waals surface area contributed by atoms with Crippen LogP contribution in [-0.2, 0) is 0 Å². The number of halogens is 1. The molecule has 3 aromatic rings. The Labute approximate surface area is 165 Å². The van der Waals surface area contributed by atoms with Crippen molar-refractivity contribution < 1.29 is 13.9 Å². The van der Waals surface area contributed by atoms with Crippen LogP contribution in [0, 0.1) is 0 Å². The van der Waals surface area contributed by atoms with Gasteiger partial charge >= 0.3 is 0 Å². The summed E-state index contributed by atoms with van der Waals surface area (Å²) in [6, 6.07) is 8.96. The Kier molecular flexibility index (Phi) is 5.13. The van der Waals surface area contributed by atoms with Crippen molar-refractivity contribution in [3.63, 3.8) is 0 Å². The maximum absolute atomic E-state index is 13.0. The predicted molar refractivity (Wildman–Crippen MR) is 103 cm³/mol. The van der Waals surface area contributed by atoms with Gasteiger partial charge in [0.15, 0.2) is 0 Å². The zero-order valence-electron chi connectivity index (χ0n) is 14.7. The molecule has 1 unspecified atom stereocenters. The molecule has 0 saturated carbocycles. The second kappa shape index (κ2) is 7.70. The van der Waals surface area contributed by atoms with Gasteiger partial charge in [0.25, 0.3) is 11.8 Å². The topological polar surface area (TPSA) is 68.5 Å². The minimum Gasteiger partial charge on any atom is -0.496 e. The number of aromatic nitrogens is 2. The lowest BCUT2D eigenvalue weighted by Crippen LogP contribution is -2.39. The lowest BCUT2D eigenvalue weighted by molar-refractivity contribution is 0.0695. The van der Waals surface area contributed by atoms with Gasteiger partial charge in [0, 0.05) is 18.1 Å². The lowest BCUT2D eigenvalue weighted by atomic mass is 9.97. The molecule has 1 saturated heterocycles. The molecular formula is C19H18ClN3O3S. The average Bonchev–Trinajstić information content (AvgIpc) is 3.39. The van der Waals surface area contributed by atoms with Crippen LogP contribution in [0.3, 0.4) is 0 Å². The number of ether oxygens (including phenoxy) is 1. The number of hydrogen-bond donors (Lipinski definition) is 0. The number of piperidine rings is 1. The SMILES string of the molecule is COc1ccc(Cl)cc1C(=O)N1CCCC(c2nnc(-c3cccs3)o2)C1. The number of amides is 1. The highest BCUT2D eigenvalue weighted by atomic mass is 35.5. The maximum Gasteiger partial charge on any atom is 0.257 e. The first-order valence-corrected chi connectivity index (χ1v) is 9.91. The monoisotopic (exact) mass is 403 g/mol. The molecule has 27 heavy (non-hydrogen) atoms. The van der Waals surface area contributed by atoms with Crippen molar-refractivity contribution in [3.8, 4) is 16.5 Å². The number of nitrogens with zero attached hydrogens (tertiary/aromatic N) is 3. The van der Waals surface area contributed by atoms with Gasteiger partial charge in [0.2, 0.25) is 5.89 Å². The van der Waals surface area contributed by atoms with Crippen LogP contribution >= 0.6 is 22.9 Å². The highest BCUT2D eigenvalue weighted by molar-refractivity contribution is 7.13. The Morgan fingerprint density at radius 2 is 2.26 bits per heavy atom. The Morgan fingerprint density at radius 1 is 1.37 bits per heavy atom. The zero-order valence-corrected chi connectivity index (χ0v) is 16.3. The van der Waals surface area contributed by atoms with Gasteiger partial charge in [-0.25, -0.2) is 0 Å². The maximum atomic E-state index is 13.0. The van der Waals surface area contributed by atoms with E-state index in [1.165, 1.54) is 0 Å². The summed E-state index contributed by atoms with van der Waals surface area (Å²) in [6.07, 6.45) is 1.78. The molecule has 0 bridgehead atoms. The van der Waals surface area contributed by atoms with Crippen molar-refractivity contribution in [2.24, 2.45) is 0 Å². The van der Waals surface area contributed by atoms with E-state index in [1.807, 2.05) is 17.5 Å². The van der Waals surface area contributed by atoms with Crippen molar-refractivity contribution >= 4 is 28.8 Å². The molecule has 1 atom stereocenters. The van der Waals surface area contributed by atoms with Crippen LogP contribution < -0.4 is 4.74 Å². The molecule has 1 amide bonds. The summed E-state index contributed by atoms with van der Waals surface area (Å²) in [6.45, 7) is 1.21. The first-order chi connectivity index (χ1) is 13.2. The van der Waals surface area contributed by atoms with Crippen LogP contribution in [-0.4, -0.2) is 41.2 Å². The third-order valence-corrected chi connectivity index (χ3v) is 5.72. The van der Waals surface area contributed by atoms with E-state index in [2.05, 4.69) is 10.2 Å². The highest BCUT2D eigenvalue weighted by Crippen LogP contribution is 2.32. The van der Waals surface area contributed by atoms with Crippen molar-refractivity contribution in [3.05, 3.63) is 52.2 Å². The number of likely N-dealkylation sites (tertiary alicyclic amines) is 1. The fourth-order valence-corrected chi connectivity index (χ4v) is 4.10. The van der Waals surface area contributed by atoms with Crippen molar-refractivity contribution in [1.29, 1.82) is 0 Å². The van der Waals surface area contributed by atoms with Gasteiger partial charge in [-0.1, -0.05) is 17.7 Å². The number of thiophene rings is 1. The van der Waals surface area contributed by atoms with Gasteiger partial charge in [-0.3, -0.25) is 4.79 Å². The molecule has 8 heteroatoms. The van der Waals surface area contributed by atoms with Gasteiger partial charge in [0.1, 0.15) is 5.75 Å². The van der Waals surface area contributed by atoms with Crippen LogP contribution in [0.25, 0.3) is 10.8 Å². The van der Waals surface area contributed by atoms with Gasteiger partial charge in [-0.15, -0.1) is 21.5 Å². The first-order valence-electron chi connectivity index (χ1n) is 8.66. The molecule has 0 N–H and O–H groups in total. The standard InChI is InChI=1S/C19H18ClN3O3S/c1-25-15-7-6-13(20)10-14(15)19(24)23-8-2-4-12(11-23)17-21-22-18(26-17)16-5-3-9-27-16/h3,5-7,9-10,12H,2,4,8,11H2,1H3. The van der Waals surface area contributed by atoms with Crippen LogP contribution in [0.1, 0.15) is 35.0 Å². The van der Waals surface area contributed by atoms with E-state index < -0.39 is 0 Å². The molecule has 3 heterocycles. The number of benzene rings is 1. The highest BCUT2D eigenvalue weighted by Gasteiger charge is 2.30. The largest absolute Gasteiger partial charge is 0.496 e. The molecular weight excluding hydrogens is 386 g/mol. The molecule has 1 aliphatic rings. The summed E-state index contributed by atoms with van der Waals surface area (Å²) in [7, 11) is 1.55. The summed E-state index contributed by atoms with van der Waals surface area (Å²) in [5, 5.41) is 10.8. The van der Waals surface area contributed by atoms with Crippen LogP contribution in [0.15, 0.2) is 40.1 Å². The number of carbonyl (C=O) groups is 1. The first kappa shape index (κ1) is 18.0. The third kappa shape index (κ3) is 3.70. The number of hydrogen-bond acceptors (Lipinski definition) is 6. The Bertz CT molecular complexity index is 942. The molecule has 2 aromatic heterocycles. The van der Waals surface area contributed by atoms with Gasteiger partial charge in [-0.2, -0.15) is 0 Å². The molecule has 6 nitrogen and oxygen atoms in total. The number of carbonyl (C=O) groups excluding carboxylic acids is 1. The van der Waals surface area contributed by atoms with Crippen LogP contribution in [0.2, 0.25) is 5.02 Å². The molecule has 0 aliphatic carbocycles. The second-order valence-electron chi connectivity index (χ2n) is 6.36. The Morgan fingerprint density at radius 3 is 3.04 bits per heavy atom. The third-order valence-electron chi connectivity index (χ3n) is 4.62. The van der Waals surface area contributed by atoms with E-state index in [9.17, 15) is 4.79 Å². The summed E-state index contributed by atoms with van der Waals surface area (Å²) < 4.78 is 11.2. The van der Waals surface area contributed by atoms with Crippen LogP contribution in [0.4, 0.5) is 0 Å². The quantitative estimate of drug-likeness (QED) is 0.642. The fraction of sp³-hybridized carbons (Fsp3) is 0.316. The van der Waals surface area contributed by atoms with Gasteiger partial charge in [-0.05, 0) is 42.5 Å². The predicted octanol–water partition coefficient (Wildman–Crippen LogP) is 4.48. The average molecular weight is 404 g/mol. The summed E-state index contributed by atoms with van der Waals surface area (Å²) in [5.74, 6) is 1.55. The van der Waals surface area contributed by atoms with Crippen molar-refractivity contribution in [2.45, 2.75) is 18.8 Å². The molecule has 1 aliphatic heterocycles. The minimum atomic E-state index is -0.1000. The molecule has 0 radical (unpaired) electrons. The lowest BCUT2D eigenvalue weighted by Gasteiger charge is -2.31. The van der Waals surface area contributed by atoms with E-state index in [-0.39, 0.29) is 11.8 Å². The van der Waals surface area contributed by atoms with Crippen LogP contribution in [0.5, 0.6) is 5.75 Å². The molecule has 140 valence electrons. The van der Waals surface area contributed by atoms with E-state index in [0.717, 1.165) is 17.7 Å². The normalized spacial score (nSPS) is 17.1. The molecule has 1 aromatic carbocycles. The van der Waals surface area contributed by atoms with E-state index in [4.69, 9.17) is 20.8 Å².